The molecule has 3 aliphatic rings. The number of carbonyl (C=O) groups excluding carboxylic acids is 2. The maximum atomic E-state index is 12.9. The van der Waals surface area contributed by atoms with Gasteiger partial charge in [-0.05, 0) is 49.0 Å². The van der Waals surface area contributed by atoms with Crippen molar-refractivity contribution in [3.8, 4) is 0 Å². The van der Waals surface area contributed by atoms with E-state index in [-0.39, 0.29) is 11.8 Å². The van der Waals surface area contributed by atoms with Crippen molar-refractivity contribution in [2.75, 3.05) is 37.8 Å². The number of hydrogen-bond acceptors (Lipinski definition) is 7. The Morgan fingerprint density at radius 3 is 2.72 bits per heavy atom. The SMILES string of the molecule is CS(=O)(=O)N1CCC2(CC1)Cc1cc(C=CC(=O)N3CC=C(Cc4nccs4)CC3)cnc1NC2=O. The summed E-state index contributed by atoms with van der Waals surface area (Å²) in [5.41, 5.74) is 2.38. The van der Waals surface area contributed by atoms with Crippen LogP contribution in [-0.4, -0.2) is 71.8 Å². The molecule has 5 rings (SSSR count). The van der Waals surface area contributed by atoms with Crippen molar-refractivity contribution in [3.63, 3.8) is 0 Å². The quantitative estimate of drug-likeness (QED) is 0.472. The molecule has 0 bridgehead atoms. The van der Waals surface area contributed by atoms with Crippen LogP contribution in [0.15, 0.2) is 41.6 Å². The van der Waals surface area contributed by atoms with Gasteiger partial charge in [0.25, 0.3) is 0 Å². The van der Waals surface area contributed by atoms with Crippen LogP contribution in [0.25, 0.3) is 6.08 Å². The largest absolute Gasteiger partial charge is 0.335 e. The van der Waals surface area contributed by atoms with Crippen molar-refractivity contribution < 1.29 is 18.0 Å². The van der Waals surface area contributed by atoms with E-state index in [1.54, 1.807) is 29.7 Å². The normalized spacial score (nSPS) is 20.3. The molecule has 3 aliphatic heterocycles. The molecule has 2 aromatic heterocycles. The van der Waals surface area contributed by atoms with Gasteiger partial charge in [-0.1, -0.05) is 11.6 Å². The summed E-state index contributed by atoms with van der Waals surface area (Å²) in [6, 6.07) is 1.96. The number of thiazole rings is 1. The fourth-order valence-electron chi connectivity index (χ4n) is 5.08. The zero-order chi connectivity index (χ0) is 25.3. The fraction of sp³-hybridized carbons (Fsp3) is 0.440. The number of pyridine rings is 1. The maximum Gasteiger partial charge on any atom is 0.246 e. The van der Waals surface area contributed by atoms with Gasteiger partial charge in [0.2, 0.25) is 21.8 Å². The standard InChI is InChI=1S/C25H29N5O4S2/c1-36(33,34)30-11-6-25(7-12-30)16-20-14-19(17-27-23(20)28-24(25)32)2-3-22(31)29-9-4-18(5-10-29)15-21-26-8-13-35-21/h2-4,8,13-14,17H,5-7,9-12,15-16H2,1H3,(H,27,28,32). The Kier molecular flexibility index (Phi) is 6.80. The lowest BCUT2D eigenvalue weighted by molar-refractivity contribution is -0.128. The van der Waals surface area contributed by atoms with Crippen molar-refractivity contribution in [2.45, 2.75) is 32.1 Å². The molecular formula is C25H29N5O4S2. The highest BCUT2D eigenvalue weighted by atomic mass is 32.2. The molecular weight excluding hydrogens is 498 g/mol. The molecule has 190 valence electrons. The van der Waals surface area contributed by atoms with E-state index in [4.69, 9.17) is 0 Å². The molecule has 1 saturated heterocycles. The molecule has 1 fully saturated rings. The van der Waals surface area contributed by atoms with Gasteiger partial charge in [0, 0.05) is 56.4 Å². The van der Waals surface area contributed by atoms with Crippen LogP contribution in [0.3, 0.4) is 0 Å². The van der Waals surface area contributed by atoms with Gasteiger partial charge in [-0.25, -0.2) is 22.7 Å². The summed E-state index contributed by atoms with van der Waals surface area (Å²) in [7, 11) is -3.27. The first kappa shape index (κ1) is 24.8. The molecule has 11 heteroatoms. The second-order valence-corrected chi connectivity index (χ2v) is 12.6. The van der Waals surface area contributed by atoms with E-state index in [2.05, 4.69) is 21.4 Å². The lowest BCUT2D eigenvalue weighted by Crippen LogP contribution is -2.51. The Bertz CT molecular complexity index is 1330. The van der Waals surface area contributed by atoms with Gasteiger partial charge in [-0.3, -0.25) is 9.59 Å². The Labute approximate surface area is 215 Å². The maximum absolute atomic E-state index is 12.9. The minimum atomic E-state index is -3.27. The van der Waals surface area contributed by atoms with E-state index in [1.807, 2.05) is 22.5 Å². The number of sulfonamides is 1. The molecule has 2 amide bonds. The first-order chi connectivity index (χ1) is 17.2. The van der Waals surface area contributed by atoms with Gasteiger partial charge in [0.05, 0.1) is 16.7 Å². The van der Waals surface area contributed by atoms with Crippen molar-refractivity contribution in [3.05, 3.63) is 57.7 Å². The topological polar surface area (TPSA) is 113 Å². The zero-order valence-corrected chi connectivity index (χ0v) is 21.8. The number of anilines is 1. The second kappa shape index (κ2) is 9.87. The molecule has 0 aromatic carbocycles. The van der Waals surface area contributed by atoms with Crippen molar-refractivity contribution in [1.82, 2.24) is 19.2 Å². The number of hydrogen-bond donors (Lipinski definition) is 1. The highest BCUT2D eigenvalue weighted by Crippen LogP contribution is 2.41. The number of nitrogens with zero attached hydrogens (tertiary/aromatic N) is 4. The molecule has 0 aliphatic carbocycles. The summed E-state index contributed by atoms with van der Waals surface area (Å²) in [5, 5.41) is 5.98. The third-order valence-corrected chi connectivity index (χ3v) is 9.36. The predicted molar refractivity (Wildman–Crippen MR) is 139 cm³/mol. The third kappa shape index (κ3) is 5.28. The second-order valence-electron chi connectivity index (χ2n) is 9.68. The van der Waals surface area contributed by atoms with E-state index in [1.165, 1.54) is 16.1 Å². The summed E-state index contributed by atoms with van der Waals surface area (Å²) in [5.74, 6) is 0.394. The molecule has 1 N–H and O–H groups in total. The summed E-state index contributed by atoms with van der Waals surface area (Å²) >= 11 is 1.65. The zero-order valence-electron chi connectivity index (χ0n) is 20.1. The average Bonchev–Trinajstić information content (AvgIpc) is 3.36. The average molecular weight is 528 g/mol. The van der Waals surface area contributed by atoms with Gasteiger partial charge in [0.15, 0.2) is 0 Å². The van der Waals surface area contributed by atoms with Crippen LogP contribution in [0.1, 0.15) is 35.4 Å². The summed E-state index contributed by atoms with van der Waals surface area (Å²) in [6.07, 6.45) is 13.3. The van der Waals surface area contributed by atoms with Crippen LogP contribution >= 0.6 is 11.3 Å². The van der Waals surface area contributed by atoms with Crippen LogP contribution in [-0.2, 0) is 32.5 Å². The van der Waals surface area contributed by atoms with Crippen molar-refractivity contribution in [2.24, 2.45) is 5.41 Å². The van der Waals surface area contributed by atoms with Crippen molar-refractivity contribution >= 4 is 45.1 Å². The first-order valence-corrected chi connectivity index (χ1v) is 14.7. The molecule has 36 heavy (non-hydrogen) atoms. The molecule has 0 atom stereocenters. The van der Waals surface area contributed by atoms with Crippen LogP contribution in [0, 0.1) is 5.41 Å². The van der Waals surface area contributed by atoms with Gasteiger partial charge in [-0.2, -0.15) is 0 Å². The number of carbonyl (C=O) groups is 2. The number of aromatic nitrogens is 2. The molecule has 0 unspecified atom stereocenters. The minimum absolute atomic E-state index is 0.0461. The highest BCUT2D eigenvalue weighted by molar-refractivity contribution is 7.88. The molecule has 0 radical (unpaired) electrons. The number of piperidine rings is 1. The molecule has 5 heterocycles. The van der Waals surface area contributed by atoms with Crippen LogP contribution in [0.5, 0.6) is 0 Å². The molecule has 9 nitrogen and oxygen atoms in total. The van der Waals surface area contributed by atoms with E-state index in [9.17, 15) is 18.0 Å². The van der Waals surface area contributed by atoms with Crippen molar-refractivity contribution in [1.29, 1.82) is 0 Å². The number of fused-ring (bicyclic) bond motifs is 1. The summed E-state index contributed by atoms with van der Waals surface area (Å²) in [4.78, 5) is 36.2. The first-order valence-electron chi connectivity index (χ1n) is 12.0. The van der Waals surface area contributed by atoms with Gasteiger partial charge < -0.3 is 10.2 Å². The van der Waals surface area contributed by atoms with Crippen LogP contribution < -0.4 is 5.32 Å². The predicted octanol–water partition coefficient (Wildman–Crippen LogP) is 2.49. The highest BCUT2D eigenvalue weighted by Gasteiger charge is 2.46. The molecule has 0 saturated carbocycles. The Morgan fingerprint density at radius 2 is 2.06 bits per heavy atom. The van der Waals surface area contributed by atoms with Crippen LogP contribution in [0.2, 0.25) is 0 Å². The van der Waals surface area contributed by atoms with Gasteiger partial charge >= 0.3 is 0 Å². The lowest BCUT2D eigenvalue weighted by atomic mass is 9.71. The number of amides is 2. The Hall–Kier alpha value is -2.89. The minimum Gasteiger partial charge on any atom is -0.335 e. The number of rotatable bonds is 5. The van der Waals surface area contributed by atoms with E-state index >= 15 is 0 Å². The van der Waals surface area contributed by atoms with Gasteiger partial charge in [-0.15, -0.1) is 11.3 Å². The Balaban J connectivity index is 1.22. The van der Waals surface area contributed by atoms with E-state index in [0.29, 0.717) is 51.3 Å². The summed E-state index contributed by atoms with van der Waals surface area (Å²) < 4.78 is 25.2. The number of nitrogens with one attached hydrogen (secondary N) is 1. The monoisotopic (exact) mass is 527 g/mol. The lowest BCUT2D eigenvalue weighted by Gasteiger charge is -2.42. The van der Waals surface area contributed by atoms with Crippen LogP contribution in [0.4, 0.5) is 5.82 Å². The smallest absolute Gasteiger partial charge is 0.246 e. The third-order valence-electron chi connectivity index (χ3n) is 7.27. The molecule has 2 aromatic rings. The van der Waals surface area contributed by atoms with Gasteiger partial charge in [0.1, 0.15) is 5.82 Å². The Morgan fingerprint density at radius 1 is 1.25 bits per heavy atom. The van der Waals surface area contributed by atoms with E-state index < -0.39 is 15.4 Å². The molecule has 1 spiro atoms. The van der Waals surface area contributed by atoms with E-state index in [0.717, 1.165) is 29.0 Å². The fourth-order valence-corrected chi connectivity index (χ4v) is 6.60. The summed E-state index contributed by atoms with van der Waals surface area (Å²) in [6.45, 7) is 1.94.